The number of hydrogen-bond acceptors (Lipinski definition) is 4. The maximum Gasteiger partial charge on any atom is 0.339 e. The third-order valence-electron chi connectivity index (χ3n) is 2.39. The number of nitrogens with one attached hydrogen (secondary N) is 1. The van der Waals surface area contributed by atoms with E-state index in [0.717, 1.165) is 0 Å². The van der Waals surface area contributed by atoms with Crippen molar-refractivity contribution in [2.75, 3.05) is 6.61 Å². The van der Waals surface area contributed by atoms with Gasteiger partial charge in [0.1, 0.15) is 0 Å². The number of esters is 1. The summed E-state index contributed by atoms with van der Waals surface area (Å²) in [4.78, 5) is 25.7. The van der Waals surface area contributed by atoms with Crippen LogP contribution in [0.4, 0.5) is 0 Å². The van der Waals surface area contributed by atoms with Gasteiger partial charge in [-0.25, -0.2) is 4.79 Å². The first-order valence-corrected chi connectivity index (χ1v) is 5.43. The molecule has 0 aliphatic heterocycles. The molecule has 90 valence electrons. The predicted octanol–water partition coefficient (Wildman–Crippen LogP) is 0.921. The molecule has 0 saturated heterocycles. The lowest BCUT2D eigenvalue weighted by molar-refractivity contribution is 0.0528. The fourth-order valence-corrected chi connectivity index (χ4v) is 1.61. The number of carbonyl (C=O) groups is 1. The molecule has 0 amide bonds. The highest BCUT2D eigenvalue weighted by molar-refractivity contribution is 6.02. The van der Waals surface area contributed by atoms with Gasteiger partial charge in [-0.1, -0.05) is 0 Å². The van der Waals surface area contributed by atoms with E-state index in [9.17, 15) is 9.59 Å². The largest absolute Gasteiger partial charge is 0.462 e. The molecule has 0 radical (unpaired) electrons. The highest BCUT2D eigenvalue weighted by Gasteiger charge is 2.15. The number of carbonyl (C=O) groups excluding carboxylic acids is 1. The number of aryl methyl sites for hydroxylation is 1. The Bertz CT molecular complexity index is 612. The Morgan fingerprint density at radius 2 is 2.29 bits per heavy atom. The second-order valence-electron chi connectivity index (χ2n) is 3.51. The SMILES string of the molecule is CCOC(=O)c1cc(=O)[nH]c2nn(CC)cc12. The number of nitrogens with zero attached hydrogens (tertiary/aromatic N) is 2. The van der Waals surface area contributed by atoms with Crippen molar-refractivity contribution in [3.8, 4) is 0 Å². The van der Waals surface area contributed by atoms with E-state index in [1.54, 1.807) is 17.8 Å². The predicted molar refractivity (Wildman–Crippen MR) is 62.0 cm³/mol. The van der Waals surface area contributed by atoms with Gasteiger partial charge in [0, 0.05) is 18.8 Å². The van der Waals surface area contributed by atoms with Gasteiger partial charge < -0.3 is 9.72 Å². The standard InChI is InChI=1S/C11H13N3O3/c1-3-14-6-8-7(11(16)17-4-2)5-9(15)12-10(8)13-14/h5-6H,3-4H2,1-2H3,(H,12,13,15). The lowest BCUT2D eigenvalue weighted by Gasteiger charge is -2.01. The number of hydrogen-bond donors (Lipinski definition) is 1. The zero-order valence-electron chi connectivity index (χ0n) is 9.69. The molecule has 17 heavy (non-hydrogen) atoms. The van der Waals surface area contributed by atoms with Crippen LogP contribution in [0.15, 0.2) is 17.1 Å². The molecule has 0 atom stereocenters. The molecule has 0 fully saturated rings. The number of pyridine rings is 1. The minimum Gasteiger partial charge on any atom is -0.462 e. The Kier molecular flexibility index (Phi) is 2.95. The Morgan fingerprint density at radius 1 is 1.53 bits per heavy atom. The van der Waals surface area contributed by atoms with Crippen LogP contribution in [0.5, 0.6) is 0 Å². The quantitative estimate of drug-likeness (QED) is 0.802. The van der Waals surface area contributed by atoms with Crippen molar-refractivity contribution in [1.82, 2.24) is 14.8 Å². The van der Waals surface area contributed by atoms with Gasteiger partial charge in [0.05, 0.1) is 17.6 Å². The van der Waals surface area contributed by atoms with Crippen LogP contribution in [0.3, 0.4) is 0 Å². The third-order valence-corrected chi connectivity index (χ3v) is 2.39. The van der Waals surface area contributed by atoms with Crippen LogP contribution >= 0.6 is 0 Å². The Morgan fingerprint density at radius 3 is 2.94 bits per heavy atom. The van der Waals surface area contributed by atoms with Crippen LogP contribution in [0.2, 0.25) is 0 Å². The van der Waals surface area contributed by atoms with Gasteiger partial charge in [0.25, 0.3) is 0 Å². The molecule has 0 bridgehead atoms. The molecule has 0 aromatic carbocycles. The summed E-state index contributed by atoms with van der Waals surface area (Å²) in [5.41, 5.74) is 0.301. The summed E-state index contributed by atoms with van der Waals surface area (Å²) in [5, 5.41) is 4.75. The number of aromatic nitrogens is 3. The summed E-state index contributed by atoms with van der Waals surface area (Å²) < 4.78 is 6.56. The zero-order valence-corrected chi connectivity index (χ0v) is 9.69. The first kappa shape index (κ1) is 11.4. The van der Waals surface area contributed by atoms with E-state index in [0.29, 0.717) is 17.6 Å². The van der Waals surface area contributed by atoms with E-state index >= 15 is 0 Å². The number of rotatable bonds is 3. The van der Waals surface area contributed by atoms with Crippen LogP contribution in [0.1, 0.15) is 24.2 Å². The van der Waals surface area contributed by atoms with Crippen LogP contribution in [0, 0.1) is 0 Å². The minimum absolute atomic E-state index is 0.255. The molecule has 6 nitrogen and oxygen atoms in total. The molecule has 2 heterocycles. The molecule has 0 aliphatic rings. The fraction of sp³-hybridized carbons (Fsp3) is 0.364. The second kappa shape index (κ2) is 4.40. The van der Waals surface area contributed by atoms with Gasteiger partial charge in [-0.2, -0.15) is 5.10 Å². The van der Waals surface area contributed by atoms with Crippen molar-refractivity contribution in [3.63, 3.8) is 0 Å². The summed E-state index contributed by atoms with van der Waals surface area (Å²) >= 11 is 0. The normalized spacial score (nSPS) is 10.7. The van der Waals surface area contributed by atoms with Gasteiger partial charge in [-0.3, -0.25) is 9.48 Å². The Balaban J connectivity index is 2.64. The van der Waals surface area contributed by atoms with Crippen LogP contribution < -0.4 is 5.56 Å². The van der Waals surface area contributed by atoms with Gasteiger partial charge >= 0.3 is 5.97 Å². The highest BCUT2D eigenvalue weighted by Crippen LogP contribution is 2.14. The van der Waals surface area contributed by atoms with Crippen molar-refractivity contribution < 1.29 is 9.53 Å². The number of aromatic amines is 1. The number of ether oxygens (including phenoxy) is 1. The van der Waals surface area contributed by atoms with E-state index in [1.165, 1.54) is 6.07 Å². The van der Waals surface area contributed by atoms with Crippen LogP contribution in [-0.2, 0) is 11.3 Å². The summed E-state index contributed by atoms with van der Waals surface area (Å²) in [6.45, 7) is 4.58. The summed E-state index contributed by atoms with van der Waals surface area (Å²) in [6.07, 6.45) is 1.72. The molecule has 2 aromatic rings. The monoisotopic (exact) mass is 235 g/mol. The highest BCUT2D eigenvalue weighted by atomic mass is 16.5. The molecule has 0 unspecified atom stereocenters. The van der Waals surface area contributed by atoms with Gasteiger partial charge in [0.2, 0.25) is 5.56 Å². The smallest absolute Gasteiger partial charge is 0.339 e. The second-order valence-corrected chi connectivity index (χ2v) is 3.51. The summed E-state index contributed by atoms with van der Waals surface area (Å²) in [7, 11) is 0. The molecule has 0 aliphatic carbocycles. The fourth-order valence-electron chi connectivity index (χ4n) is 1.61. The Labute approximate surface area is 97.2 Å². The van der Waals surface area contributed by atoms with Crippen molar-refractivity contribution in [3.05, 3.63) is 28.2 Å². The van der Waals surface area contributed by atoms with Crippen molar-refractivity contribution in [2.45, 2.75) is 20.4 Å². The Hall–Kier alpha value is -2.11. The van der Waals surface area contributed by atoms with E-state index in [2.05, 4.69) is 10.1 Å². The molecular formula is C11H13N3O3. The molecule has 2 rings (SSSR count). The molecule has 1 N–H and O–H groups in total. The average Bonchev–Trinajstić information content (AvgIpc) is 2.70. The molecule has 0 saturated carbocycles. The molecule has 2 aromatic heterocycles. The topological polar surface area (TPSA) is 77.0 Å². The molecule has 6 heteroatoms. The zero-order chi connectivity index (χ0) is 12.4. The first-order valence-electron chi connectivity index (χ1n) is 5.43. The number of H-pyrrole nitrogens is 1. The van der Waals surface area contributed by atoms with Gasteiger partial charge in [-0.15, -0.1) is 0 Å². The van der Waals surface area contributed by atoms with Crippen LogP contribution in [-0.4, -0.2) is 27.3 Å². The van der Waals surface area contributed by atoms with E-state index in [1.807, 2.05) is 6.92 Å². The lowest BCUT2D eigenvalue weighted by Crippen LogP contribution is -2.12. The third kappa shape index (κ3) is 2.06. The number of fused-ring (bicyclic) bond motifs is 1. The maximum atomic E-state index is 11.7. The average molecular weight is 235 g/mol. The molecular weight excluding hydrogens is 222 g/mol. The van der Waals surface area contributed by atoms with Crippen LogP contribution in [0.25, 0.3) is 11.0 Å². The maximum absolute atomic E-state index is 11.7. The van der Waals surface area contributed by atoms with Gasteiger partial charge in [0.15, 0.2) is 5.65 Å². The van der Waals surface area contributed by atoms with E-state index < -0.39 is 5.97 Å². The van der Waals surface area contributed by atoms with Crippen molar-refractivity contribution in [2.24, 2.45) is 0 Å². The molecule has 0 spiro atoms. The van der Waals surface area contributed by atoms with Crippen molar-refractivity contribution in [1.29, 1.82) is 0 Å². The van der Waals surface area contributed by atoms with E-state index in [-0.39, 0.29) is 17.7 Å². The summed E-state index contributed by atoms with van der Waals surface area (Å²) in [6, 6.07) is 1.24. The van der Waals surface area contributed by atoms with E-state index in [4.69, 9.17) is 4.74 Å². The summed E-state index contributed by atoms with van der Waals surface area (Å²) in [5.74, 6) is -0.501. The van der Waals surface area contributed by atoms with Crippen molar-refractivity contribution >= 4 is 17.0 Å². The minimum atomic E-state index is -0.501. The van der Waals surface area contributed by atoms with Gasteiger partial charge in [-0.05, 0) is 13.8 Å². The lowest BCUT2D eigenvalue weighted by atomic mass is 10.2. The first-order chi connectivity index (χ1) is 8.15.